The second-order valence-electron chi connectivity index (χ2n) is 6.73. The third-order valence-electron chi connectivity index (χ3n) is 4.69. The molecule has 0 aliphatic rings. The first-order valence-corrected chi connectivity index (χ1v) is 9.96. The van der Waals surface area contributed by atoms with Crippen LogP contribution >= 0.6 is 11.3 Å². The molecule has 1 amide bonds. The number of hydrogen-bond acceptors (Lipinski definition) is 5. The van der Waals surface area contributed by atoms with Crippen molar-refractivity contribution >= 4 is 33.1 Å². The van der Waals surface area contributed by atoms with Gasteiger partial charge in [-0.3, -0.25) is 14.2 Å². The van der Waals surface area contributed by atoms with E-state index in [1.165, 1.54) is 34.4 Å². The molecule has 2 aromatic carbocycles. The molecule has 0 unspecified atom stereocenters. The van der Waals surface area contributed by atoms with Gasteiger partial charge in [0.05, 0.1) is 30.2 Å². The monoisotopic (exact) mass is 423 g/mol. The van der Waals surface area contributed by atoms with Gasteiger partial charge in [-0.1, -0.05) is 18.2 Å². The summed E-state index contributed by atoms with van der Waals surface area (Å²) in [6.07, 6.45) is 1.43. The van der Waals surface area contributed by atoms with Gasteiger partial charge in [0, 0.05) is 11.8 Å². The molecule has 0 fully saturated rings. The molecule has 0 radical (unpaired) electrons. The van der Waals surface area contributed by atoms with Crippen molar-refractivity contribution in [2.24, 2.45) is 0 Å². The Balaban J connectivity index is 1.67. The minimum atomic E-state index is -0.363. The second-order valence-corrected chi connectivity index (χ2v) is 7.73. The Hall–Kier alpha value is -3.52. The van der Waals surface area contributed by atoms with Crippen LogP contribution in [-0.2, 0) is 6.54 Å². The van der Waals surface area contributed by atoms with E-state index < -0.39 is 0 Å². The Morgan fingerprint density at radius 3 is 2.80 bits per heavy atom. The molecular weight excluding hydrogens is 405 g/mol. The third kappa shape index (κ3) is 3.81. The first kappa shape index (κ1) is 19.8. The van der Waals surface area contributed by atoms with Gasteiger partial charge in [-0.15, -0.1) is 11.3 Å². The topological polar surface area (TPSA) is 73.2 Å². The molecule has 0 saturated heterocycles. The number of carbonyl (C=O) groups excluding carboxylic acids is 1. The molecule has 0 aliphatic carbocycles. The SMILES string of the molecule is COc1cccc(NC(=O)c2sc3ncn(Cc4cccc(F)c4)c(=O)c3c2C)c1. The highest BCUT2D eigenvalue weighted by Gasteiger charge is 2.20. The molecule has 2 aromatic heterocycles. The fraction of sp³-hybridized carbons (Fsp3) is 0.136. The lowest BCUT2D eigenvalue weighted by molar-refractivity contribution is 0.103. The van der Waals surface area contributed by atoms with Crippen LogP contribution in [0.4, 0.5) is 10.1 Å². The molecule has 30 heavy (non-hydrogen) atoms. The predicted molar refractivity (Wildman–Crippen MR) is 115 cm³/mol. The summed E-state index contributed by atoms with van der Waals surface area (Å²) >= 11 is 1.17. The number of thiophene rings is 1. The summed E-state index contributed by atoms with van der Waals surface area (Å²) in [7, 11) is 1.55. The largest absolute Gasteiger partial charge is 0.497 e. The third-order valence-corrected chi connectivity index (χ3v) is 5.89. The summed E-state index contributed by atoms with van der Waals surface area (Å²) in [4.78, 5) is 31.1. The van der Waals surface area contributed by atoms with Gasteiger partial charge in [-0.2, -0.15) is 0 Å². The van der Waals surface area contributed by atoms with Crippen LogP contribution in [0.5, 0.6) is 5.75 Å². The Bertz CT molecular complexity index is 1310. The maximum atomic E-state index is 13.5. The van der Waals surface area contributed by atoms with E-state index in [2.05, 4.69) is 10.3 Å². The molecule has 0 atom stereocenters. The van der Waals surface area contributed by atoms with Crippen LogP contribution in [0, 0.1) is 12.7 Å². The highest BCUT2D eigenvalue weighted by atomic mass is 32.1. The summed E-state index contributed by atoms with van der Waals surface area (Å²) in [6.45, 7) is 1.93. The van der Waals surface area contributed by atoms with E-state index in [0.717, 1.165) is 0 Å². The van der Waals surface area contributed by atoms with E-state index in [0.29, 0.717) is 37.7 Å². The van der Waals surface area contributed by atoms with Crippen molar-refractivity contribution in [1.82, 2.24) is 9.55 Å². The molecule has 4 aromatic rings. The fourth-order valence-corrected chi connectivity index (χ4v) is 4.24. The highest BCUT2D eigenvalue weighted by Crippen LogP contribution is 2.28. The molecule has 4 rings (SSSR count). The summed E-state index contributed by atoms with van der Waals surface area (Å²) < 4.78 is 20.0. The van der Waals surface area contributed by atoms with Gasteiger partial charge >= 0.3 is 0 Å². The maximum Gasteiger partial charge on any atom is 0.266 e. The summed E-state index contributed by atoms with van der Waals surface area (Å²) in [5, 5.41) is 3.23. The van der Waals surface area contributed by atoms with Crippen molar-refractivity contribution in [3.63, 3.8) is 0 Å². The molecule has 1 N–H and O–H groups in total. The number of ether oxygens (including phenoxy) is 1. The van der Waals surface area contributed by atoms with Gasteiger partial charge in [0.1, 0.15) is 16.4 Å². The van der Waals surface area contributed by atoms with Gasteiger partial charge in [0.2, 0.25) is 0 Å². The maximum absolute atomic E-state index is 13.5. The Kier molecular flexibility index (Phi) is 5.33. The number of nitrogens with zero attached hydrogens (tertiary/aromatic N) is 2. The van der Waals surface area contributed by atoms with E-state index in [1.807, 2.05) is 0 Å². The standard InChI is InChI=1S/C22H18FN3O3S/c1-13-18-21(24-12-26(22(18)28)11-14-5-3-6-15(23)9-14)30-19(13)20(27)25-16-7-4-8-17(10-16)29-2/h3-10,12H,11H2,1-2H3,(H,25,27). The predicted octanol–water partition coefficient (Wildman–Crippen LogP) is 4.21. The zero-order chi connectivity index (χ0) is 21.3. The van der Waals surface area contributed by atoms with Gasteiger partial charge < -0.3 is 10.1 Å². The van der Waals surface area contributed by atoms with Crippen molar-refractivity contribution < 1.29 is 13.9 Å². The molecule has 8 heteroatoms. The quantitative estimate of drug-likeness (QED) is 0.522. The molecule has 0 bridgehead atoms. The second kappa shape index (κ2) is 8.08. The van der Waals surface area contributed by atoms with Crippen molar-refractivity contribution in [1.29, 1.82) is 0 Å². The van der Waals surface area contributed by atoms with Crippen LogP contribution in [0.25, 0.3) is 10.2 Å². The van der Waals surface area contributed by atoms with Crippen molar-refractivity contribution in [3.8, 4) is 5.75 Å². The lowest BCUT2D eigenvalue weighted by Crippen LogP contribution is -2.21. The van der Waals surface area contributed by atoms with Crippen LogP contribution in [0.3, 0.4) is 0 Å². The van der Waals surface area contributed by atoms with E-state index >= 15 is 0 Å². The van der Waals surface area contributed by atoms with Crippen molar-refractivity contribution in [2.45, 2.75) is 13.5 Å². The minimum Gasteiger partial charge on any atom is -0.497 e. The highest BCUT2D eigenvalue weighted by molar-refractivity contribution is 7.20. The van der Waals surface area contributed by atoms with Crippen molar-refractivity contribution in [2.75, 3.05) is 12.4 Å². The van der Waals surface area contributed by atoms with Crippen LogP contribution in [0.15, 0.2) is 59.7 Å². The molecule has 0 aliphatic heterocycles. The van der Waals surface area contributed by atoms with Gasteiger partial charge in [-0.25, -0.2) is 9.37 Å². The van der Waals surface area contributed by atoms with Gasteiger partial charge in [0.15, 0.2) is 0 Å². The molecule has 0 saturated carbocycles. The Labute approximate surface area is 175 Å². The lowest BCUT2D eigenvalue weighted by atomic mass is 10.2. The first-order chi connectivity index (χ1) is 14.5. The van der Waals surface area contributed by atoms with Crippen molar-refractivity contribution in [3.05, 3.63) is 87.0 Å². The normalized spacial score (nSPS) is 10.9. The summed E-state index contributed by atoms with van der Waals surface area (Å²) in [5.41, 5.74) is 1.55. The van der Waals surface area contributed by atoms with Gasteiger partial charge in [-0.05, 0) is 42.3 Å². The number of rotatable bonds is 5. The van der Waals surface area contributed by atoms with Crippen LogP contribution in [-0.4, -0.2) is 22.6 Å². The molecule has 6 nitrogen and oxygen atoms in total. The average Bonchev–Trinajstić information content (AvgIpc) is 3.07. The summed E-state index contributed by atoms with van der Waals surface area (Å²) in [5.74, 6) is -0.0552. The number of aromatic nitrogens is 2. The number of fused-ring (bicyclic) bond motifs is 1. The smallest absolute Gasteiger partial charge is 0.266 e. The number of amides is 1. The van der Waals surface area contributed by atoms with E-state index in [1.54, 1.807) is 50.4 Å². The summed E-state index contributed by atoms with van der Waals surface area (Å²) in [6, 6.07) is 13.1. The minimum absolute atomic E-state index is 0.195. The van der Waals surface area contributed by atoms with Crippen LogP contribution < -0.4 is 15.6 Å². The number of anilines is 1. The lowest BCUT2D eigenvalue weighted by Gasteiger charge is -2.07. The Morgan fingerprint density at radius 1 is 1.23 bits per heavy atom. The molecule has 152 valence electrons. The molecule has 2 heterocycles. The van der Waals surface area contributed by atoms with E-state index in [-0.39, 0.29) is 23.8 Å². The zero-order valence-corrected chi connectivity index (χ0v) is 17.1. The zero-order valence-electron chi connectivity index (χ0n) is 16.3. The van der Waals surface area contributed by atoms with Crippen LogP contribution in [0.2, 0.25) is 0 Å². The van der Waals surface area contributed by atoms with E-state index in [4.69, 9.17) is 4.74 Å². The number of benzene rings is 2. The number of aryl methyl sites for hydroxylation is 1. The number of nitrogens with one attached hydrogen (secondary N) is 1. The molecule has 0 spiro atoms. The van der Waals surface area contributed by atoms with Crippen LogP contribution in [0.1, 0.15) is 20.8 Å². The van der Waals surface area contributed by atoms with E-state index in [9.17, 15) is 14.0 Å². The number of halogens is 1. The number of hydrogen-bond donors (Lipinski definition) is 1. The number of methoxy groups -OCH3 is 1. The fourth-order valence-electron chi connectivity index (χ4n) is 3.21. The average molecular weight is 423 g/mol. The first-order valence-electron chi connectivity index (χ1n) is 9.14. The molecular formula is C22H18FN3O3S. The Morgan fingerprint density at radius 2 is 2.03 bits per heavy atom. The van der Waals surface area contributed by atoms with Gasteiger partial charge in [0.25, 0.3) is 11.5 Å². The number of carbonyl (C=O) groups is 1.